The molecule has 1 aromatic carbocycles. The Morgan fingerprint density at radius 3 is 2.65 bits per heavy atom. The van der Waals surface area contributed by atoms with Gasteiger partial charge in [0.1, 0.15) is 5.82 Å². The summed E-state index contributed by atoms with van der Waals surface area (Å²) < 4.78 is 13.0. The summed E-state index contributed by atoms with van der Waals surface area (Å²) in [6.45, 7) is 3.84. The standard InChI is InChI=1S/C12H16FN3S/c1-15-5-7-16(8-6-15)12(17)14-11-4-2-3-10(13)9-11/h2-4,9H,5-8H2,1H3,(H,14,17). The fourth-order valence-electron chi connectivity index (χ4n) is 1.78. The maximum Gasteiger partial charge on any atom is 0.173 e. The molecule has 0 aromatic heterocycles. The van der Waals surface area contributed by atoms with Crippen LogP contribution in [0.15, 0.2) is 24.3 Å². The van der Waals surface area contributed by atoms with E-state index in [2.05, 4.69) is 22.2 Å². The van der Waals surface area contributed by atoms with E-state index in [9.17, 15) is 4.39 Å². The fraction of sp³-hybridized carbons (Fsp3) is 0.417. The predicted molar refractivity (Wildman–Crippen MR) is 71.7 cm³/mol. The molecule has 92 valence electrons. The number of thiocarbonyl (C=S) groups is 1. The van der Waals surface area contributed by atoms with Crippen molar-refractivity contribution in [3.05, 3.63) is 30.1 Å². The van der Waals surface area contributed by atoms with E-state index >= 15 is 0 Å². The molecule has 1 N–H and O–H groups in total. The molecule has 1 heterocycles. The number of rotatable bonds is 1. The van der Waals surface area contributed by atoms with Crippen molar-refractivity contribution in [1.82, 2.24) is 9.80 Å². The Hall–Kier alpha value is -1.20. The van der Waals surface area contributed by atoms with Gasteiger partial charge in [0.25, 0.3) is 0 Å². The van der Waals surface area contributed by atoms with E-state index in [1.165, 1.54) is 12.1 Å². The van der Waals surface area contributed by atoms with Gasteiger partial charge in [0.2, 0.25) is 0 Å². The molecule has 1 saturated heterocycles. The second-order valence-electron chi connectivity index (χ2n) is 4.23. The number of hydrogen-bond donors (Lipinski definition) is 1. The van der Waals surface area contributed by atoms with Gasteiger partial charge in [-0.1, -0.05) is 6.07 Å². The third-order valence-electron chi connectivity index (χ3n) is 2.87. The average Bonchev–Trinajstić information content (AvgIpc) is 2.29. The van der Waals surface area contributed by atoms with Gasteiger partial charge in [-0.2, -0.15) is 0 Å². The Bertz CT molecular complexity index is 402. The molecule has 1 aliphatic rings. The summed E-state index contributed by atoms with van der Waals surface area (Å²) >= 11 is 5.31. The van der Waals surface area contributed by atoms with Crippen molar-refractivity contribution in [3.8, 4) is 0 Å². The molecule has 2 rings (SSSR count). The number of benzene rings is 1. The molecule has 0 aliphatic carbocycles. The van der Waals surface area contributed by atoms with Gasteiger partial charge in [-0.15, -0.1) is 0 Å². The van der Waals surface area contributed by atoms with Crippen LogP contribution in [-0.4, -0.2) is 48.1 Å². The van der Waals surface area contributed by atoms with Gasteiger partial charge in [-0.3, -0.25) is 0 Å². The minimum Gasteiger partial charge on any atom is -0.346 e. The molecule has 3 nitrogen and oxygen atoms in total. The lowest BCUT2D eigenvalue weighted by Gasteiger charge is -2.34. The maximum atomic E-state index is 13.0. The summed E-state index contributed by atoms with van der Waals surface area (Å²) in [5.41, 5.74) is 0.703. The van der Waals surface area contributed by atoms with E-state index in [1.807, 2.05) is 6.07 Å². The molecule has 0 bridgehead atoms. The summed E-state index contributed by atoms with van der Waals surface area (Å²) in [5, 5.41) is 3.74. The molecule has 0 spiro atoms. The number of nitrogens with zero attached hydrogens (tertiary/aromatic N) is 2. The second-order valence-corrected chi connectivity index (χ2v) is 4.62. The highest BCUT2D eigenvalue weighted by Gasteiger charge is 2.16. The van der Waals surface area contributed by atoms with Crippen molar-refractivity contribution < 1.29 is 4.39 Å². The van der Waals surface area contributed by atoms with Gasteiger partial charge >= 0.3 is 0 Å². The highest BCUT2D eigenvalue weighted by molar-refractivity contribution is 7.80. The number of halogens is 1. The van der Waals surface area contributed by atoms with Crippen LogP contribution in [0.5, 0.6) is 0 Å². The first-order chi connectivity index (χ1) is 8.15. The molecule has 0 saturated carbocycles. The Morgan fingerprint density at radius 2 is 2.00 bits per heavy atom. The molecule has 1 fully saturated rings. The van der Waals surface area contributed by atoms with Crippen molar-refractivity contribution >= 4 is 23.0 Å². The monoisotopic (exact) mass is 253 g/mol. The second kappa shape index (κ2) is 5.42. The largest absolute Gasteiger partial charge is 0.346 e. The first kappa shape index (κ1) is 12.3. The molecule has 0 radical (unpaired) electrons. The third-order valence-corrected chi connectivity index (χ3v) is 3.23. The van der Waals surface area contributed by atoms with E-state index in [0.29, 0.717) is 10.8 Å². The van der Waals surface area contributed by atoms with Gasteiger partial charge in [0.05, 0.1) is 0 Å². The van der Waals surface area contributed by atoms with Crippen LogP contribution in [-0.2, 0) is 0 Å². The minimum absolute atomic E-state index is 0.254. The number of anilines is 1. The van der Waals surface area contributed by atoms with Crippen LogP contribution in [0.2, 0.25) is 0 Å². The maximum absolute atomic E-state index is 13.0. The number of piperazine rings is 1. The molecule has 17 heavy (non-hydrogen) atoms. The number of hydrogen-bond acceptors (Lipinski definition) is 2. The molecule has 5 heteroatoms. The zero-order valence-electron chi connectivity index (χ0n) is 9.82. The first-order valence-corrected chi connectivity index (χ1v) is 6.06. The number of nitrogens with one attached hydrogen (secondary N) is 1. The molecular weight excluding hydrogens is 237 g/mol. The molecule has 0 unspecified atom stereocenters. The summed E-state index contributed by atoms with van der Waals surface area (Å²) in [6, 6.07) is 6.35. The van der Waals surface area contributed by atoms with Crippen molar-refractivity contribution in [2.75, 3.05) is 38.5 Å². The van der Waals surface area contributed by atoms with Crippen molar-refractivity contribution in [1.29, 1.82) is 0 Å². The molecule has 1 aromatic rings. The van der Waals surface area contributed by atoms with Crippen LogP contribution < -0.4 is 5.32 Å². The van der Waals surface area contributed by atoms with Crippen LogP contribution in [0.4, 0.5) is 10.1 Å². The van der Waals surface area contributed by atoms with Crippen LogP contribution in [0, 0.1) is 5.82 Å². The van der Waals surface area contributed by atoms with Crippen LogP contribution >= 0.6 is 12.2 Å². The average molecular weight is 253 g/mol. The smallest absolute Gasteiger partial charge is 0.173 e. The van der Waals surface area contributed by atoms with E-state index in [0.717, 1.165) is 26.2 Å². The summed E-state index contributed by atoms with van der Waals surface area (Å²) in [6.07, 6.45) is 0. The Morgan fingerprint density at radius 1 is 1.29 bits per heavy atom. The molecule has 1 aliphatic heterocycles. The number of likely N-dealkylation sites (N-methyl/N-ethyl adjacent to an activating group) is 1. The zero-order valence-corrected chi connectivity index (χ0v) is 10.6. The van der Waals surface area contributed by atoms with Crippen molar-refractivity contribution in [2.24, 2.45) is 0 Å². The zero-order chi connectivity index (χ0) is 12.3. The van der Waals surface area contributed by atoms with Crippen molar-refractivity contribution in [3.63, 3.8) is 0 Å². The highest BCUT2D eigenvalue weighted by atomic mass is 32.1. The van der Waals surface area contributed by atoms with Crippen LogP contribution in [0.1, 0.15) is 0 Å². The van der Waals surface area contributed by atoms with Crippen LogP contribution in [0.25, 0.3) is 0 Å². The topological polar surface area (TPSA) is 18.5 Å². The summed E-state index contributed by atoms with van der Waals surface area (Å²) in [5.74, 6) is -0.254. The first-order valence-electron chi connectivity index (χ1n) is 5.65. The predicted octanol–water partition coefficient (Wildman–Crippen LogP) is 1.77. The van der Waals surface area contributed by atoms with Gasteiger partial charge in [0.15, 0.2) is 5.11 Å². The lowest BCUT2D eigenvalue weighted by Crippen LogP contribution is -2.48. The van der Waals surface area contributed by atoms with E-state index in [1.54, 1.807) is 6.07 Å². The minimum atomic E-state index is -0.254. The Balaban J connectivity index is 1.93. The summed E-state index contributed by atoms with van der Waals surface area (Å²) in [7, 11) is 2.10. The van der Waals surface area contributed by atoms with E-state index in [-0.39, 0.29) is 5.82 Å². The quantitative estimate of drug-likeness (QED) is 0.769. The van der Waals surface area contributed by atoms with Crippen LogP contribution in [0.3, 0.4) is 0 Å². The summed E-state index contributed by atoms with van der Waals surface area (Å²) in [4.78, 5) is 4.38. The van der Waals surface area contributed by atoms with Gasteiger partial charge < -0.3 is 15.1 Å². The van der Waals surface area contributed by atoms with E-state index in [4.69, 9.17) is 12.2 Å². The normalized spacial score (nSPS) is 16.9. The van der Waals surface area contributed by atoms with Gasteiger partial charge in [0, 0.05) is 31.9 Å². The Labute approximate surface area is 106 Å². The lowest BCUT2D eigenvalue weighted by atomic mass is 10.3. The SMILES string of the molecule is CN1CCN(C(=S)Nc2cccc(F)c2)CC1. The van der Waals surface area contributed by atoms with Gasteiger partial charge in [-0.05, 0) is 37.5 Å². The highest BCUT2D eigenvalue weighted by Crippen LogP contribution is 2.11. The third kappa shape index (κ3) is 3.38. The lowest BCUT2D eigenvalue weighted by molar-refractivity contribution is 0.217. The fourth-order valence-corrected chi connectivity index (χ4v) is 2.08. The Kier molecular flexibility index (Phi) is 3.91. The molecule has 0 amide bonds. The van der Waals surface area contributed by atoms with E-state index < -0.39 is 0 Å². The van der Waals surface area contributed by atoms with Gasteiger partial charge in [-0.25, -0.2) is 4.39 Å². The van der Waals surface area contributed by atoms with Crippen molar-refractivity contribution in [2.45, 2.75) is 0 Å². The molecular formula is C12H16FN3S. The molecule has 0 atom stereocenters.